The summed E-state index contributed by atoms with van der Waals surface area (Å²) in [5, 5.41) is 0. The molecular weight excluding hydrogens is 168 g/mol. The zero-order chi connectivity index (χ0) is 9.26. The van der Waals surface area contributed by atoms with Crippen LogP contribution in [0.3, 0.4) is 0 Å². The summed E-state index contributed by atoms with van der Waals surface area (Å²) in [6.07, 6.45) is 1.92. The van der Waals surface area contributed by atoms with Crippen LogP contribution in [0.15, 0.2) is 0 Å². The lowest BCUT2D eigenvalue weighted by Gasteiger charge is -2.18. The van der Waals surface area contributed by atoms with Crippen molar-refractivity contribution in [2.24, 2.45) is 5.84 Å². The molecule has 0 fully saturated rings. The molecule has 2 rings (SSSR count). The molecule has 0 amide bonds. The second kappa shape index (κ2) is 3.18. The first-order valence-electron chi connectivity index (χ1n) is 4.28. The van der Waals surface area contributed by atoms with E-state index in [-0.39, 0.29) is 0 Å². The predicted molar refractivity (Wildman–Crippen MR) is 48.4 cm³/mol. The van der Waals surface area contributed by atoms with Crippen LogP contribution in [0.25, 0.3) is 0 Å². The Hall–Kier alpha value is -1.36. The summed E-state index contributed by atoms with van der Waals surface area (Å²) in [4.78, 5) is 8.37. The number of nitrogens with two attached hydrogens (primary N) is 1. The summed E-state index contributed by atoms with van der Waals surface area (Å²) in [7, 11) is 0. The summed E-state index contributed by atoms with van der Waals surface area (Å²) in [6, 6.07) is 0. The van der Waals surface area contributed by atoms with Crippen molar-refractivity contribution in [2.75, 3.05) is 12.0 Å². The molecule has 2 heterocycles. The number of hydrazine groups is 1. The largest absolute Gasteiger partial charge is 0.477 e. The van der Waals surface area contributed by atoms with Crippen LogP contribution in [-0.4, -0.2) is 16.6 Å². The second-order valence-corrected chi connectivity index (χ2v) is 3.00. The number of nitrogens with one attached hydrogen (secondary N) is 1. The topological polar surface area (TPSA) is 73.1 Å². The quantitative estimate of drug-likeness (QED) is 0.483. The molecular formula is C8H12N4O. The van der Waals surface area contributed by atoms with Gasteiger partial charge in [-0.25, -0.2) is 10.8 Å². The highest BCUT2D eigenvalue weighted by molar-refractivity contribution is 5.49. The fourth-order valence-corrected chi connectivity index (χ4v) is 1.45. The Bertz CT molecular complexity index is 309. The second-order valence-electron chi connectivity index (χ2n) is 3.00. The maximum atomic E-state index is 5.40. The molecule has 1 aliphatic heterocycles. The van der Waals surface area contributed by atoms with Gasteiger partial charge in [-0.1, -0.05) is 0 Å². The molecule has 0 aromatic carbocycles. The van der Waals surface area contributed by atoms with Crippen LogP contribution in [0.4, 0.5) is 5.82 Å². The number of ether oxygens (including phenoxy) is 1. The number of fused-ring (bicyclic) bond motifs is 1. The fourth-order valence-electron chi connectivity index (χ4n) is 1.45. The van der Waals surface area contributed by atoms with Crippen molar-refractivity contribution in [2.45, 2.75) is 19.8 Å². The number of nitrogens with zero attached hydrogens (tertiary/aromatic N) is 2. The van der Waals surface area contributed by atoms with Crippen molar-refractivity contribution in [1.82, 2.24) is 9.97 Å². The number of aryl methyl sites for hydroxylation is 1. The third-order valence-corrected chi connectivity index (χ3v) is 2.03. The van der Waals surface area contributed by atoms with Crippen LogP contribution < -0.4 is 16.0 Å². The van der Waals surface area contributed by atoms with Crippen LogP contribution in [0.2, 0.25) is 0 Å². The highest BCUT2D eigenvalue weighted by atomic mass is 16.5. The van der Waals surface area contributed by atoms with Crippen molar-refractivity contribution in [3.05, 3.63) is 11.4 Å². The molecule has 1 aromatic heterocycles. The maximum absolute atomic E-state index is 5.40. The highest BCUT2D eigenvalue weighted by Crippen LogP contribution is 2.27. The molecule has 0 radical (unpaired) electrons. The highest BCUT2D eigenvalue weighted by Gasteiger charge is 2.17. The van der Waals surface area contributed by atoms with Gasteiger partial charge in [0, 0.05) is 0 Å². The van der Waals surface area contributed by atoms with E-state index in [0.29, 0.717) is 17.5 Å². The maximum Gasteiger partial charge on any atom is 0.222 e. The summed E-state index contributed by atoms with van der Waals surface area (Å²) >= 11 is 0. The van der Waals surface area contributed by atoms with E-state index in [4.69, 9.17) is 10.6 Å². The molecule has 0 unspecified atom stereocenters. The van der Waals surface area contributed by atoms with Gasteiger partial charge < -0.3 is 10.2 Å². The van der Waals surface area contributed by atoms with Crippen molar-refractivity contribution in [3.63, 3.8) is 0 Å². The first-order valence-corrected chi connectivity index (χ1v) is 4.28. The number of anilines is 1. The average Bonchev–Trinajstić information content (AvgIpc) is 2.16. The van der Waals surface area contributed by atoms with E-state index in [1.807, 2.05) is 6.92 Å². The first kappa shape index (κ1) is 8.25. The van der Waals surface area contributed by atoms with Gasteiger partial charge in [0.1, 0.15) is 5.82 Å². The Labute approximate surface area is 76.3 Å². The van der Waals surface area contributed by atoms with Gasteiger partial charge in [0.25, 0.3) is 0 Å². The Morgan fingerprint density at radius 2 is 2.31 bits per heavy atom. The molecule has 0 aliphatic carbocycles. The van der Waals surface area contributed by atoms with E-state index in [2.05, 4.69) is 15.4 Å². The lowest BCUT2D eigenvalue weighted by molar-refractivity contribution is 0.275. The van der Waals surface area contributed by atoms with Gasteiger partial charge >= 0.3 is 0 Å². The van der Waals surface area contributed by atoms with E-state index in [0.717, 1.165) is 25.0 Å². The molecule has 70 valence electrons. The summed E-state index contributed by atoms with van der Waals surface area (Å²) < 4.78 is 5.40. The van der Waals surface area contributed by atoms with Gasteiger partial charge in [0.2, 0.25) is 5.88 Å². The Morgan fingerprint density at radius 1 is 1.46 bits per heavy atom. The molecule has 0 bridgehead atoms. The smallest absolute Gasteiger partial charge is 0.222 e. The summed E-state index contributed by atoms with van der Waals surface area (Å²) in [6.45, 7) is 2.55. The van der Waals surface area contributed by atoms with Crippen molar-refractivity contribution >= 4 is 5.82 Å². The average molecular weight is 180 g/mol. The van der Waals surface area contributed by atoms with Crippen LogP contribution in [0, 0.1) is 6.92 Å². The van der Waals surface area contributed by atoms with Gasteiger partial charge in [-0.3, -0.25) is 0 Å². The molecule has 0 saturated carbocycles. The van der Waals surface area contributed by atoms with Crippen LogP contribution in [-0.2, 0) is 6.42 Å². The zero-order valence-electron chi connectivity index (χ0n) is 7.50. The van der Waals surface area contributed by atoms with Gasteiger partial charge in [0.05, 0.1) is 12.2 Å². The SMILES string of the molecule is Cc1nc(NN)c2c(n1)OCCC2. The molecule has 13 heavy (non-hydrogen) atoms. The number of rotatable bonds is 1. The van der Waals surface area contributed by atoms with Gasteiger partial charge in [-0.15, -0.1) is 0 Å². The number of hydrogen-bond acceptors (Lipinski definition) is 5. The summed E-state index contributed by atoms with van der Waals surface area (Å²) in [5.41, 5.74) is 3.55. The third-order valence-electron chi connectivity index (χ3n) is 2.03. The first-order chi connectivity index (χ1) is 6.31. The minimum absolute atomic E-state index is 0.673. The number of aromatic nitrogens is 2. The third kappa shape index (κ3) is 1.42. The molecule has 5 heteroatoms. The molecule has 3 N–H and O–H groups in total. The molecule has 0 spiro atoms. The van der Waals surface area contributed by atoms with Gasteiger partial charge in [0.15, 0.2) is 5.82 Å². The monoisotopic (exact) mass is 180 g/mol. The summed E-state index contributed by atoms with van der Waals surface area (Å²) in [5.74, 6) is 7.38. The molecule has 5 nitrogen and oxygen atoms in total. The van der Waals surface area contributed by atoms with Crippen molar-refractivity contribution in [3.8, 4) is 5.88 Å². The lowest BCUT2D eigenvalue weighted by atomic mass is 10.1. The van der Waals surface area contributed by atoms with Gasteiger partial charge in [-0.2, -0.15) is 4.98 Å². The van der Waals surface area contributed by atoms with Crippen LogP contribution >= 0.6 is 0 Å². The van der Waals surface area contributed by atoms with Crippen molar-refractivity contribution < 1.29 is 4.74 Å². The van der Waals surface area contributed by atoms with E-state index >= 15 is 0 Å². The molecule has 1 aliphatic rings. The molecule has 1 aromatic rings. The fraction of sp³-hybridized carbons (Fsp3) is 0.500. The number of nitrogen functional groups attached to an aromatic ring is 1. The Balaban J connectivity index is 2.50. The van der Waals surface area contributed by atoms with E-state index < -0.39 is 0 Å². The molecule has 0 atom stereocenters. The predicted octanol–water partition coefficient (Wildman–Crippen LogP) is 0.396. The van der Waals surface area contributed by atoms with E-state index in [1.165, 1.54) is 0 Å². The van der Waals surface area contributed by atoms with Crippen LogP contribution in [0.1, 0.15) is 17.8 Å². The Kier molecular flexibility index (Phi) is 2.02. The van der Waals surface area contributed by atoms with Crippen LogP contribution in [0.5, 0.6) is 5.88 Å². The van der Waals surface area contributed by atoms with E-state index in [1.54, 1.807) is 0 Å². The minimum atomic E-state index is 0.673. The standard InChI is InChI=1S/C8H12N4O/c1-5-10-7(12-9)6-3-2-4-13-8(6)11-5/h2-4,9H2,1H3,(H,10,11,12). The number of hydrogen-bond donors (Lipinski definition) is 2. The molecule has 0 saturated heterocycles. The zero-order valence-corrected chi connectivity index (χ0v) is 7.50. The Morgan fingerprint density at radius 3 is 3.08 bits per heavy atom. The minimum Gasteiger partial charge on any atom is -0.477 e. The normalized spacial score (nSPS) is 14.6. The van der Waals surface area contributed by atoms with Gasteiger partial charge in [-0.05, 0) is 19.8 Å². The van der Waals surface area contributed by atoms with Crippen molar-refractivity contribution in [1.29, 1.82) is 0 Å². The van der Waals surface area contributed by atoms with E-state index in [9.17, 15) is 0 Å². The lowest BCUT2D eigenvalue weighted by Crippen LogP contribution is -2.18.